The molecular formula is C21H16O. The predicted molar refractivity (Wildman–Crippen MR) is 91.3 cm³/mol. The highest BCUT2D eigenvalue weighted by Crippen LogP contribution is 2.54. The molecule has 0 saturated heterocycles. The van der Waals surface area contributed by atoms with Gasteiger partial charge in [0.15, 0.2) is 0 Å². The van der Waals surface area contributed by atoms with Crippen LogP contribution in [0.25, 0.3) is 33.1 Å². The predicted octanol–water partition coefficient (Wildman–Crippen LogP) is 5.89. The Kier molecular flexibility index (Phi) is 2.08. The van der Waals surface area contributed by atoms with Crippen molar-refractivity contribution in [2.24, 2.45) is 0 Å². The van der Waals surface area contributed by atoms with Crippen LogP contribution in [0.2, 0.25) is 0 Å². The molecule has 0 atom stereocenters. The molecule has 0 saturated carbocycles. The molecule has 22 heavy (non-hydrogen) atoms. The standard InChI is InChI=1S/C21H16O/c1-21(2)16-12-11-13-7-3-4-8-14(13)18(16)20-19(21)15-9-5-6-10-17(15)22-20/h3-12H,1-2H3. The Bertz CT molecular complexity index is 1050. The highest BCUT2D eigenvalue weighted by molar-refractivity contribution is 6.05. The van der Waals surface area contributed by atoms with E-state index < -0.39 is 0 Å². The first kappa shape index (κ1) is 12.0. The number of fused-ring (bicyclic) bond motifs is 7. The average Bonchev–Trinajstić information content (AvgIpc) is 3.02. The molecule has 4 aromatic rings. The summed E-state index contributed by atoms with van der Waals surface area (Å²) in [4.78, 5) is 0. The number of rotatable bonds is 0. The quantitative estimate of drug-likeness (QED) is 0.392. The van der Waals surface area contributed by atoms with Gasteiger partial charge in [-0.05, 0) is 22.4 Å². The first-order valence-corrected chi connectivity index (χ1v) is 7.72. The lowest BCUT2D eigenvalue weighted by Gasteiger charge is -2.21. The Morgan fingerprint density at radius 2 is 1.50 bits per heavy atom. The van der Waals surface area contributed by atoms with Crippen molar-refractivity contribution >= 4 is 21.7 Å². The summed E-state index contributed by atoms with van der Waals surface area (Å²) in [5.74, 6) is 1.05. The molecule has 1 aliphatic rings. The number of furan rings is 1. The third kappa shape index (κ3) is 1.29. The summed E-state index contributed by atoms with van der Waals surface area (Å²) in [7, 11) is 0. The SMILES string of the molecule is CC1(C)c2ccc3ccccc3c2-c2oc3ccccc3c21. The van der Waals surface area contributed by atoms with Gasteiger partial charge < -0.3 is 4.42 Å². The number of benzene rings is 3. The largest absolute Gasteiger partial charge is 0.456 e. The van der Waals surface area contributed by atoms with Crippen molar-refractivity contribution in [3.05, 3.63) is 71.8 Å². The number of hydrogen-bond donors (Lipinski definition) is 0. The highest BCUT2D eigenvalue weighted by Gasteiger charge is 2.40. The van der Waals surface area contributed by atoms with E-state index in [9.17, 15) is 0 Å². The van der Waals surface area contributed by atoms with Gasteiger partial charge in [-0.2, -0.15) is 0 Å². The highest BCUT2D eigenvalue weighted by atomic mass is 16.3. The van der Waals surface area contributed by atoms with Crippen molar-refractivity contribution in [1.82, 2.24) is 0 Å². The maximum absolute atomic E-state index is 6.28. The lowest BCUT2D eigenvalue weighted by molar-refractivity contribution is 0.619. The van der Waals surface area contributed by atoms with Gasteiger partial charge in [0.1, 0.15) is 11.3 Å². The monoisotopic (exact) mass is 284 g/mol. The lowest BCUT2D eigenvalue weighted by Crippen LogP contribution is -2.14. The van der Waals surface area contributed by atoms with Crippen LogP contribution in [-0.4, -0.2) is 0 Å². The lowest BCUT2D eigenvalue weighted by atomic mass is 9.81. The third-order valence-corrected chi connectivity index (χ3v) is 5.05. The van der Waals surface area contributed by atoms with Gasteiger partial charge in [-0.25, -0.2) is 0 Å². The van der Waals surface area contributed by atoms with Crippen molar-refractivity contribution in [3.8, 4) is 11.3 Å². The van der Waals surface area contributed by atoms with Gasteiger partial charge in [0.2, 0.25) is 0 Å². The third-order valence-electron chi connectivity index (χ3n) is 5.05. The molecular weight excluding hydrogens is 268 g/mol. The van der Waals surface area contributed by atoms with Crippen LogP contribution in [0.5, 0.6) is 0 Å². The van der Waals surface area contributed by atoms with Gasteiger partial charge in [-0.15, -0.1) is 0 Å². The molecule has 1 heterocycles. The Morgan fingerprint density at radius 3 is 2.36 bits per heavy atom. The Morgan fingerprint density at radius 1 is 0.773 bits per heavy atom. The van der Waals surface area contributed by atoms with Gasteiger partial charge in [-0.3, -0.25) is 0 Å². The molecule has 1 aromatic heterocycles. The van der Waals surface area contributed by atoms with Crippen molar-refractivity contribution in [2.75, 3.05) is 0 Å². The zero-order chi connectivity index (χ0) is 14.9. The average molecular weight is 284 g/mol. The molecule has 0 spiro atoms. The van der Waals surface area contributed by atoms with Crippen molar-refractivity contribution < 1.29 is 4.42 Å². The van der Waals surface area contributed by atoms with E-state index in [1.807, 2.05) is 6.07 Å². The fraction of sp³-hybridized carbons (Fsp3) is 0.143. The number of para-hydroxylation sites is 1. The van der Waals surface area contributed by atoms with E-state index in [0.717, 1.165) is 11.3 Å². The van der Waals surface area contributed by atoms with E-state index in [2.05, 4.69) is 68.4 Å². The summed E-state index contributed by atoms with van der Waals surface area (Å²) in [6.45, 7) is 4.60. The van der Waals surface area contributed by atoms with Crippen molar-refractivity contribution in [1.29, 1.82) is 0 Å². The molecule has 5 rings (SSSR count). The van der Waals surface area contributed by atoms with E-state index in [-0.39, 0.29) is 5.41 Å². The minimum Gasteiger partial charge on any atom is -0.456 e. The van der Waals surface area contributed by atoms with Crippen LogP contribution in [0.3, 0.4) is 0 Å². The second-order valence-corrected chi connectivity index (χ2v) is 6.64. The molecule has 106 valence electrons. The van der Waals surface area contributed by atoms with E-state index in [1.165, 1.54) is 32.8 Å². The molecule has 0 radical (unpaired) electrons. The fourth-order valence-electron chi connectivity index (χ4n) is 4.01. The maximum Gasteiger partial charge on any atom is 0.140 e. The normalized spacial score (nSPS) is 15.2. The summed E-state index contributed by atoms with van der Waals surface area (Å²) in [5.41, 5.74) is 4.93. The maximum atomic E-state index is 6.28. The second-order valence-electron chi connectivity index (χ2n) is 6.64. The van der Waals surface area contributed by atoms with E-state index in [4.69, 9.17) is 4.42 Å². The molecule has 0 bridgehead atoms. The molecule has 3 aromatic carbocycles. The van der Waals surface area contributed by atoms with Gasteiger partial charge in [0.25, 0.3) is 0 Å². The molecule has 0 unspecified atom stereocenters. The van der Waals surface area contributed by atoms with Crippen LogP contribution in [0.4, 0.5) is 0 Å². The summed E-state index contributed by atoms with van der Waals surface area (Å²) >= 11 is 0. The molecule has 0 fully saturated rings. The summed E-state index contributed by atoms with van der Waals surface area (Å²) in [6.07, 6.45) is 0. The summed E-state index contributed by atoms with van der Waals surface area (Å²) < 4.78 is 6.28. The Hall–Kier alpha value is -2.54. The van der Waals surface area contributed by atoms with Gasteiger partial charge in [0.05, 0.1) is 0 Å². The van der Waals surface area contributed by atoms with Crippen LogP contribution in [0.15, 0.2) is 65.1 Å². The van der Waals surface area contributed by atoms with Gasteiger partial charge in [0, 0.05) is 21.9 Å². The molecule has 0 amide bonds. The second kappa shape index (κ2) is 3.80. The smallest absolute Gasteiger partial charge is 0.140 e. The molecule has 1 heteroatoms. The zero-order valence-corrected chi connectivity index (χ0v) is 12.7. The van der Waals surface area contributed by atoms with Gasteiger partial charge in [-0.1, -0.05) is 68.4 Å². The Labute approximate surface area is 129 Å². The molecule has 0 aliphatic heterocycles. The molecule has 1 aliphatic carbocycles. The van der Waals surface area contributed by atoms with Crippen LogP contribution >= 0.6 is 0 Å². The summed E-state index contributed by atoms with van der Waals surface area (Å²) in [5, 5.41) is 3.79. The van der Waals surface area contributed by atoms with E-state index >= 15 is 0 Å². The minimum absolute atomic E-state index is 0.0265. The van der Waals surface area contributed by atoms with Crippen molar-refractivity contribution in [2.45, 2.75) is 19.3 Å². The van der Waals surface area contributed by atoms with Crippen LogP contribution in [0, 0.1) is 0 Å². The van der Waals surface area contributed by atoms with E-state index in [1.54, 1.807) is 0 Å². The first-order chi connectivity index (χ1) is 10.7. The summed E-state index contributed by atoms with van der Waals surface area (Å²) in [6, 6.07) is 21.4. The van der Waals surface area contributed by atoms with Crippen molar-refractivity contribution in [3.63, 3.8) is 0 Å². The minimum atomic E-state index is -0.0265. The van der Waals surface area contributed by atoms with Gasteiger partial charge >= 0.3 is 0 Å². The Balaban J connectivity index is 2.02. The van der Waals surface area contributed by atoms with Crippen LogP contribution < -0.4 is 0 Å². The van der Waals surface area contributed by atoms with Crippen LogP contribution in [0.1, 0.15) is 25.0 Å². The van der Waals surface area contributed by atoms with Crippen LogP contribution in [-0.2, 0) is 5.41 Å². The molecule has 1 nitrogen and oxygen atoms in total. The first-order valence-electron chi connectivity index (χ1n) is 7.72. The van der Waals surface area contributed by atoms with E-state index in [0.29, 0.717) is 0 Å². The molecule has 0 N–H and O–H groups in total. The fourth-order valence-corrected chi connectivity index (χ4v) is 4.01. The topological polar surface area (TPSA) is 13.1 Å². The zero-order valence-electron chi connectivity index (χ0n) is 12.7. The number of hydrogen-bond acceptors (Lipinski definition) is 1.